The van der Waals surface area contributed by atoms with Crippen LogP contribution in [0.15, 0.2) is 12.4 Å². The van der Waals surface area contributed by atoms with Gasteiger partial charge in [0.25, 0.3) is 0 Å². The molecule has 20 heavy (non-hydrogen) atoms. The minimum atomic E-state index is -0.495. The molecule has 2 heterocycles. The van der Waals surface area contributed by atoms with Gasteiger partial charge in [0.15, 0.2) is 0 Å². The Morgan fingerprint density at radius 3 is 2.10 bits per heavy atom. The summed E-state index contributed by atoms with van der Waals surface area (Å²) in [6, 6.07) is 1.77. The Bertz CT molecular complexity index is 481. The van der Waals surface area contributed by atoms with Crippen molar-refractivity contribution in [2.75, 3.05) is 0 Å². The molecule has 0 bridgehead atoms. The van der Waals surface area contributed by atoms with Crippen molar-refractivity contribution in [2.45, 2.75) is 65.3 Å². The van der Waals surface area contributed by atoms with Crippen molar-refractivity contribution in [3.05, 3.63) is 12.4 Å². The number of ether oxygens (including phenoxy) is 1. The molecule has 0 aromatic carbocycles. The van der Waals surface area contributed by atoms with Crippen LogP contribution < -0.4 is 10.3 Å². The molecule has 1 saturated heterocycles. The van der Waals surface area contributed by atoms with Crippen molar-refractivity contribution < 1.29 is 14.0 Å². The van der Waals surface area contributed by atoms with Gasteiger partial charge in [-0.05, 0) is 48.5 Å². The quantitative estimate of drug-likeness (QED) is 0.774. The van der Waals surface area contributed by atoms with E-state index in [1.165, 1.54) is 6.33 Å². The standard InChI is InChI=1S/C14H23BN2O3/c1-12(2,3)18-11-8-10(16-9-17-11)15-19-13(4,5)14(6,7)20-15/h8-9H,1-7H3. The van der Waals surface area contributed by atoms with Crippen LogP contribution in [-0.2, 0) is 9.31 Å². The highest BCUT2D eigenvalue weighted by Crippen LogP contribution is 2.36. The molecule has 0 amide bonds. The number of aromatic nitrogens is 2. The van der Waals surface area contributed by atoms with Gasteiger partial charge >= 0.3 is 7.12 Å². The third-order valence-electron chi connectivity index (χ3n) is 3.57. The van der Waals surface area contributed by atoms with Gasteiger partial charge in [-0.3, -0.25) is 0 Å². The van der Waals surface area contributed by atoms with E-state index in [2.05, 4.69) is 9.97 Å². The van der Waals surface area contributed by atoms with E-state index in [4.69, 9.17) is 14.0 Å². The third-order valence-corrected chi connectivity index (χ3v) is 3.57. The maximum atomic E-state index is 5.97. The SMILES string of the molecule is CC(C)(C)Oc1cc(B2OC(C)(C)C(C)(C)O2)ncn1. The first-order valence-corrected chi connectivity index (χ1v) is 6.87. The van der Waals surface area contributed by atoms with Gasteiger partial charge in [0.2, 0.25) is 5.88 Å². The molecule has 0 aliphatic carbocycles. The molecule has 1 aromatic heterocycles. The van der Waals surface area contributed by atoms with Crippen LogP contribution >= 0.6 is 0 Å². The lowest BCUT2D eigenvalue weighted by Crippen LogP contribution is -2.41. The lowest BCUT2D eigenvalue weighted by atomic mass is 9.84. The van der Waals surface area contributed by atoms with Gasteiger partial charge in [-0.1, -0.05) is 0 Å². The molecule has 1 fully saturated rings. The Balaban J connectivity index is 2.21. The maximum Gasteiger partial charge on any atom is 0.514 e. The number of rotatable bonds is 2. The zero-order valence-corrected chi connectivity index (χ0v) is 13.4. The van der Waals surface area contributed by atoms with Gasteiger partial charge in [-0.2, -0.15) is 0 Å². The molecule has 0 atom stereocenters. The molecule has 0 radical (unpaired) electrons. The van der Waals surface area contributed by atoms with Gasteiger partial charge in [0.05, 0.1) is 16.8 Å². The van der Waals surface area contributed by atoms with Gasteiger partial charge in [0.1, 0.15) is 11.9 Å². The molecule has 5 nitrogen and oxygen atoms in total. The van der Waals surface area contributed by atoms with Gasteiger partial charge in [-0.25, -0.2) is 9.97 Å². The average Bonchev–Trinajstić information content (AvgIpc) is 2.46. The second-order valence-corrected chi connectivity index (χ2v) is 7.08. The van der Waals surface area contributed by atoms with Crippen molar-refractivity contribution in [2.24, 2.45) is 0 Å². The summed E-state index contributed by atoms with van der Waals surface area (Å²) in [7, 11) is -0.495. The average molecular weight is 278 g/mol. The largest absolute Gasteiger partial charge is 0.514 e. The zero-order valence-electron chi connectivity index (χ0n) is 13.4. The highest BCUT2D eigenvalue weighted by Gasteiger charge is 2.52. The van der Waals surface area contributed by atoms with E-state index >= 15 is 0 Å². The van der Waals surface area contributed by atoms with E-state index in [1.807, 2.05) is 48.5 Å². The fourth-order valence-corrected chi connectivity index (χ4v) is 1.82. The monoisotopic (exact) mass is 278 g/mol. The first kappa shape index (κ1) is 15.3. The van der Waals surface area contributed by atoms with E-state index in [0.29, 0.717) is 11.5 Å². The molecular formula is C14H23BN2O3. The molecule has 2 rings (SSSR count). The summed E-state index contributed by atoms with van der Waals surface area (Å²) in [4.78, 5) is 8.37. The third kappa shape index (κ3) is 3.12. The fraction of sp³-hybridized carbons (Fsp3) is 0.714. The Kier molecular flexibility index (Phi) is 3.59. The van der Waals surface area contributed by atoms with Crippen LogP contribution in [-0.4, -0.2) is 33.9 Å². The van der Waals surface area contributed by atoms with E-state index in [-0.39, 0.29) is 16.8 Å². The number of hydrogen-bond donors (Lipinski definition) is 0. The molecule has 110 valence electrons. The van der Waals surface area contributed by atoms with Gasteiger partial charge in [-0.15, -0.1) is 0 Å². The molecular weight excluding hydrogens is 255 g/mol. The summed E-state index contributed by atoms with van der Waals surface area (Å²) >= 11 is 0. The van der Waals surface area contributed by atoms with Crippen molar-refractivity contribution in [1.82, 2.24) is 9.97 Å². The molecule has 6 heteroatoms. The molecule has 0 N–H and O–H groups in total. The summed E-state index contributed by atoms with van der Waals surface area (Å²) < 4.78 is 17.7. The minimum absolute atomic E-state index is 0.304. The van der Waals surface area contributed by atoms with Crippen molar-refractivity contribution in [3.63, 3.8) is 0 Å². The Morgan fingerprint density at radius 2 is 1.60 bits per heavy atom. The predicted molar refractivity (Wildman–Crippen MR) is 78.1 cm³/mol. The van der Waals surface area contributed by atoms with Crippen LogP contribution in [0.2, 0.25) is 0 Å². The molecule has 0 saturated carbocycles. The highest BCUT2D eigenvalue weighted by molar-refractivity contribution is 6.61. The summed E-state index contributed by atoms with van der Waals surface area (Å²) in [6.45, 7) is 14.0. The normalized spacial score (nSPS) is 21.1. The lowest BCUT2D eigenvalue weighted by molar-refractivity contribution is 0.00578. The Labute approximate surface area is 121 Å². The second kappa shape index (κ2) is 4.70. The summed E-state index contributed by atoms with van der Waals surface area (Å²) in [6.07, 6.45) is 1.47. The molecule has 0 unspecified atom stereocenters. The van der Waals surface area contributed by atoms with E-state index in [1.54, 1.807) is 6.07 Å². The molecule has 0 spiro atoms. The smallest absolute Gasteiger partial charge is 0.472 e. The first-order chi connectivity index (χ1) is 9.00. The Hall–Kier alpha value is -1.14. The molecule has 1 aliphatic rings. The zero-order chi connectivity index (χ0) is 15.2. The predicted octanol–water partition coefficient (Wildman–Crippen LogP) is 1.95. The number of hydrogen-bond acceptors (Lipinski definition) is 5. The van der Waals surface area contributed by atoms with Crippen LogP contribution in [0.5, 0.6) is 5.88 Å². The topological polar surface area (TPSA) is 53.5 Å². The van der Waals surface area contributed by atoms with E-state index < -0.39 is 7.12 Å². The van der Waals surface area contributed by atoms with Crippen LogP contribution in [0.3, 0.4) is 0 Å². The fourth-order valence-electron chi connectivity index (χ4n) is 1.82. The van der Waals surface area contributed by atoms with Crippen molar-refractivity contribution in [1.29, 1.82) is 0 Å². The summed E-state index contributed by atoms with van der Waals surface area (Å²) in [5, 5.41) is 0. The van der Waals surface area contributed by atoms with Crippen molar-refractivity contribution >= 4 is 12.7 Å². The van der Waals surface area contributed by atoms with Crippen LogP contribution in [0.25, 0.3) is 0 Å². The minimum Gasteiger partial charge on any atom is -0.472 e. The molecule has 1 aromatic rings. The van der Waals surface area contributed by atoms with Gasteiger partial charge < -0.3 is 14.0 Å². The van der Waals surface area contributed by atoms with Gasteiger partial charge in [0, 0.05) is 6.07 Å². The lowest BCUT2D eigenvalue weighted by Gasteiger charge is -2.32. The first-order valence-electron chi connectivity index (χ1n) is 6.87. The molecule has 1 aliphatic heterocycles. The second-order valence-electron chi connectivity index (χ2n) is 7.08. The Morgan fingerprint density at radius 1 is 1.05 bits per heavy atom. The van der Waals surface area contributed by atoms with E-state index in [9.17, 15) is 0 Å². The van der Waals surface area contributed by atoms with Crippen LogP contribution in [0, 0.1) is 0 Å². The van der Waals surface area contributed by atoms with Crippen LogP contribution in [0.4, 0.5) is 0 Å². The number of nitrogens with zero attached hydrogens (tertiary/aromatic N) is 2. The highest BCUT2D eigenvalue weighted by atomic mass is 16.7. The van der Waals surface area contributed by atoms with Crippen LogP contribution in [0.1, 0.15) is 48.5 Å². The van der Waals surface area contributed by atoms with E-state index in [0.717, 1.165) is 0 Å². The van der Waals surface area contributed by atoms with Crippen molar-refractivity contribution in [3.8, 4) is 5.88 Å². The maximum absolute atomic E-state index is 5.97. The summed E-state index contributed by atoms with van der Waals surface area (Å²) in [5.74, 6) is 0.525. The summed E-state index contributed by atoms with van der Waals surface area (Å²) in [5.41, 5.74) is -0.388.